The molecule has 0 bridgehead atoms. The van der Waals surface area contributed by atoms with Crippen LogP contribution in [-0.2, 0) is 0 Å². The number of benzene rings is 4. The number of hydrogen-bond acceptors (Lipinski definition) is 0. The monoisotopic (exact) mass is 353 g/mol. The molecule has 0 aliphatic carbocycles. The topological polar surface area (TPSA) is 4.93 Å². The van der Waals surface area contributed by atoms with E-state index in [9.17, 15) is 0 Å². The van der Waals surface area contributed by atoms with Gasteiger partial charge in [-0.25, -0.2) is 0 Å². The van der Waals surface area contributed by atoms with E-state index in [2.05, 4.69) is 89.5 Å². The summed E-state index contributed by atoms with van der Waals surface area (Å²) < 4.78 is 2.36. The first-order chi connectivity index (χ1) is 12.8. The molecule has 0 spiro atoms. The molecule has 0 aliphatic rings. The average Bonchev–Trinajstić information content (AvgIpc) is 3.03. The standard InChI is InChI=1S/C24H16ClN/c25-18-15-13-17(14-16-18)19-7-1-4-10-22(19)26-23-11-5-2-8-20(23)21-9-3-6-12-24(21)26/h1-16H. The van der Waals surface area contributed by atoms with Gasteiger partial charge in [0.1, 0.15) is 0 Å². The first-order valence-corrected chi connectivity index (χ1v) is 9.04. The minimum atomic E-state index is 0.753. The second-order valence-corrected chi connectivity index (χ2v) is 6.83. The van der Waals surface area contributed by atoms with E-state index in [1.807, 2.05) is 12.1 Å². The smallest absolute Gasteiger partial charge is 0.0541 e. The van der Waals surface area contributed by atoms with Crippen molar-refractivity contribution in [3.05, 3.63) is 102 Å². The Labute approximate surface area is 157 Å². The van der Waals surface area contributed by atoms with Gasteiger partial charge in [-0.05, 0) is 35.9 Å². The Morgan fingerprint density at radius 3 is 1.73 bits per heavy atom. The third-order valence-corrected chi connectivity index (χ3v) is 5.13. The van der Waals surface area contributed by atoms with Gasteiger partial charge in [-0.3, -0.25) is 0 Å². The van der Waals surface area contributed by atoms with Gasteiger partial charge in [0, 0.05) is 21.4 Å². The van der Waals surface area contributed by atoms with Crippen molar-refractivity contribution >= 4 is 33.4 Å². The highest BCUT2D eigenvalue weighted by Gasteiger charge is 2.14. The van der Waals surface area contributed by atoms with Crippen LogP contribution in [0.25, 0.3) is 38.6 Å². The van der Waals surface area contributed by atoms with E-state index in [0.717, 1.165) is 10.6 Å². The number of aromatic nitrogens is 1. The van der Waals surface area contributed by atoms with Crippen molar-refractivity contribution < 1.29 is 0 Å². The molecule has 1 heterocycles. The van der Waals surface area contributed by atoms with E-state index in [0.29, 0.717) is 0 Å². The SMILES string of the molecule is Clc1ccc(-c2ccccc2-n2c3ccccc3c3ccccc32)cc1. The van der Waals surface area contributed by atoms with Crippen LogP contribution in [0.1, 0.15) is 0 Å². The van der Waals surface area contributed by atoms with Gasteiger partial charge in [0.2, 0.25) is 0 Å². The number of para-hydroxylation sites is 3. The highest BCUT2D eigenvalue weighted by molar-refractivity contribution is 6.30. The van der Waals surface area contributed by atoms with Gasteiger partial charge in [-0.1, -0.05) is 78.3 Å². The highest BCUT2D eigenvalue weighted by atomic mass is 35.5. The third kappa shape index (κ3) is 2.33. The van der Waals surface area contributed by atoms with Gasteiger partial charge < -0.3 is 4.57 Å². The van der Waals surface area contributed by atoms with E-state index in [4.69, 9.17) is 11.6 Å². The van der Waals surface area contributed by atoms with Crippen LogP contribution in [0, 0.1) is 0 Å². The Morgan fingerprint density at radius 2 is 1.08 bits per heavy atom. The Hall–Kier alpha value is -3.03. The molecule has 1 aromatic heterocycles. The summed E-state index contributed by atoms with van der Waals surface area (Å²) in [5.74, 6) is 0. The molecule has 0 fully saturated rings. The fraction of sp³-hybridized carbons (Fsp3) is 0. The molecule has 4 aromatic carbocycles. The molecule has 0 unspecified atom stereocenters. The van der Waals surface area contributed by atoms with Gasteiger partial charge in [-0.15, -0.1) is 0 Å². The molecular formula is C24H16ClN. The lowest BCUT2D eigenvalue weighted by Crippen LogP contribution is -1.96. The molecule has 0 amide bonds. The summed E-state index contributed by atoms with van der Waals surface area (Å²) in [6.45, 7) is 0. The summed E-state index contributed by atoms with van der Waals surface area (Å²) in [6, 6.07) is 33.7. The molecule has 0 aliphatic heterocycles. The molecule has 0 saturated carbocycles. The van der Waals surface area contributed by atoms with Gasteiger partial charge in [0.15, 0.2) is 0 Å². The molecule has 124 valence electrons. The zero-order chi connectivity index (χ0) is 17.5. The number of fused-ring (bicyclic) bond motifs is 3. The lowest BCUT2D eigenvalue weighted by molar-refractivity contribution is 1.18. The molecule has 0 N–H and O–H groups in total. The maximum Gasteiger partial charge on any atom is 0.0541 e. The molecule has 0 saturated heterocycles. The largest absolute Gasteiger partial charge is 0.309 e. The summed E-state index contributed by atoms with van der Waals surface area (Å²) in [7, 11) is 0. The summed E-state index contributed by atoms with van der Waals surface area (Å²) >= 11 is 6.09. The normalized spacial score (nSPS) is 11.3. The first-order valence-electron chi connectivity index (χ1n) is 8.66. The summed E-state index contributed by atoms with van der Waals surface area (Å²) in [4.78, 5) is 0. The van der Waals surface area contributed by atoms with Crippen molar-refractivity contribution in [3.8, 4) is 16.8 Å². The van der Waals surface area contributed by atoms with E-state index in [-0.39, 0.29) is 0 Å². The van der Waals surface area contributed by atoms with Crippen LogP contribution < -0.4 is 0 Å². The van der Waals surface area contributed by atoms with Crippen LogP contribution >= 0.6 is 11.6 Å². The van der Waals surface area contributed by atoms with Crippen LogP contribution in [0.15, 0.2) is 97.1 Å². The predicted molar refractivity (Wildman–Crippen MR) is 111 cm³/mol. The third-order valence-electron chi connectivity index (χ3n) is 4.88. The number of rotatable bonds is 2. The van der Waals surface area contributed by atoms with E-state index >= 15 is 0 Å². The Kier molecular flexibility index (Phi) is 3.55. The Balaban J connectivity index is 1.88. The first kappa shape index (κ1) is 15.2. The van der Waals surface area contributed by atoms with Gasteiger partial charge in [0.25, 0.3) is 0 Å². The zero-order valence-electron chi connectivity index (χ0n) is 14.1. The van der Waals surface area contributed by atoms with E-state index < -0.39 is 0 Å². The van der Waals surface area contributed by atoms with Crippen LogP contribution in [0.2, 0.25) is 5.02 Å². The minimum absolute atomic E-state index is 0.753. The number of hydrogen-bond donors (Lipinski definition) is 0. The molecule has 2 heteroatoms. The zero-order valence-corrected chi connectivity index (χ0v) is 14.8. The van der Waals surface area contributed by atoms with Crippen molar-refractivity contribution in [2.24, 2.45) is 0 Å². The van der Waals surface area contributed by atoms with Crippen LogP contribution in [-0.4, -0.2) is 4.57 Å². The molecule has 1 nitrogen and oxygen atoms in total. The summed E-state index contributed by atoms with van der Waals surface area (Å²) in [6.07, 6.45) is 0. The van der Waals surface area contributed by atoms with Gasteiger partial charge >= 0.3 is 0 Å². The van der Waals surface area contributed by atoms with Crippen molar-refractivity contribution in [2.45, 2.75) is 0 Å². The molecule has 5 rings (SSSR count). The maximum absolute atomic E-state index is 6.09. The van der Waals surface area contributed by atoms with Crippen LogP contribution in [0.3, 0.4) is 0 Å². The molecular weight excluding hydrogens is 338 g/mol. The van der Waals surface area contributed by atoms with Gasteiger partial charge in [0.05, 0.1) is 16.7 Å². The van der Waals surface area contributed by atoms with Crippen LogP contribution in [0.4, 0.5) is 0 Å². The number of halogens is 1. The lowest BCUT2D eigenvalue weighted by atomic mass is 10.0. The number of nitrogens with zero attached hydrogens (tertiary/aromatic N) is 1. The van der Waals surface area contributed by atoms with Gasteiger partial charge in [-0.2, -0.15) is 0 Å². The fourth-order valence-corrected chi connectivity index (χ4v) is 3.85. The summed E-state index contributed by atoms with van der Waals surface area (Å²) in [5.41, 5.74) is 5.96. The molecule has 0 radical (unpaired) electrons. The Bertz CT molecular complexity index is 1180. The maximum atomic E-state index is 6.09. The minimum Gasteiger partial charge on any atom is -0.309 e. The fourth-order valence-electron chi connectivity index (χ4n) is 3.72. The van der Waals surface area contributed by atoms with Crippen molar-refractivity contribution in [3.63, 3.8) is 0 Å². The van der Waals surface area contributed by atoms with Crippen molar-refractivity contribution in [1.29, 1.82) is 0 Å². The van der Waals surface area contributed by atoms with Crippen LogP contribution in [0.5, 0.6) is 0 Å². The predicted octanol–water partition coefficient (Wildman–Crippen LogP) is 7.10. The van der Waals surface area contributed by atoms with E-state index in [1.165, 1.54) is 33.1 Å². The van der Waals surface area contributed by atoms with E-state index in [1.54, 1.807) is 0 Å². The molecule has 26 heavy (non-hydrogen) atoms. The quantitative estimate of drug-likeness (QED) is 0.319. The molecule has 5 aromatic rings. The van der Waals surface area contributed by atoms with Crippen molar-refractivity contribution in [1.82, 2.24) is 4.57 Å². The lowest BCUT2D eigenvalue weighted by Gasteiger charge is -2.14. The van der Waals surface area contributed by atoms with Crippen molar-refractivity contribution in [2.75, 3.05) is 0 Å². The summed E-state index contributed by atoms with van der Waals surface area (Å²) in [5, 5.41) is 3.30. The highest BCUT2D eigenvalue weighted by Crippen LogP contribution is 2.35. The second kappa shape index (κ2) is 6.05. The average molecular weight is 354 g/mol. The Morgan fingerprint density at radius 1 is 0.538 bits per heavy atom. The second-order valence-electron chi connectivity index (χ2n) is 6.39. The molecule has 0 atom stereocenters.